The number of aliphatic imine (C=N–C) groups is 1. The van der Waals surface area contributed by atoms with Crippen LogP contribution in [-0.2, 0) is 29.1 Å². The van der Waals surface area contributed by atoms with E-state index in [9.17, 15) is 9.59 Å². The van der Waals surface area contributed by atoms with Gasteiger partial charge in [0.25, 0.3) is 0 Å². The van der Waals surface area contributed by atoms with Crippen LogP contribution in [0.3, 0.4) is 0 Å². The molecule has 0 bridgehead atoms. The second-order valence-electron chi connectivity index (χ2n) is 7.79. The number of benzene rings is 1. The first-order valence-corrected chi connectivity index (χ1v) is 11.9. The summed E-state index contributed by atoms with van der Waals surface area (Å²) in [6, 6.07) is 11.1. The Kier molecular flexibility index (Phi) is 7.89. The van der Waals surface area contributed by atoms with Crippen LogP contribution in [0.5, 0.6) is 5.75 Å². The minimum absolute atomic E-state index is 0.175. The highest BCUT2D eigenvalue weighted by atomic mass is 32.1. The maximum Gasteiger partial charge on any atom is 0.410 e. The highest BCUT2D eigenvalue weighted by Crippen LogP contribution is 2.36. The summed E-state index contributed by atoms with van der Waals surface area (Å²) in [5.41, 5.74) is 3.63. The smallest absolute Gasteiger partial charge is 0.410 e. The van der Waals surface area contributed by atoms with E-state index in [4.69, 9.17) is 9.47 Å². The Balaban J connectivity index is 1.45. The summed E-state index contributed by atoms with van der Waals surface area (Å²) < 4.78 is 10.8. The SMILES string of the molecule is CN=Cc1c(NC(=O)/C=C/c2ccccc2OC)sc2c1CCN(C(=O)OCc1cccnc1)C2. The van der Waals surface area contributed by atoms with Gasteiger partial charge in [0.2, 0.25) is 5.91 Å². The fourth-order valence-corrected chi connectivity index (χ4v) is 5.02. The van der Waals surface area contributed by atoms with Gasteiger partial charge in [0, 0.05) is 59.8 Å². The number of carbonyl (C=O) groups is 2. The van der Waals surface area contributed by atoms with Gasteiger partial charge in [-0.15, -0.1) is 11.3 Å². The van der Waals surface area contributed by atoms with Gasteiger partial charge in [0.05, 0.1) is 13.7 Å². The van der Waals surface area contributed by atoms with Gasteiger partial charge in [0.1, 0.15) is 17.4 Å². The first-order chi connectivity index (χ1) is 17.1. The molecule has 0 saturated heterocycles. The third-order valence-corrected chi connectivity index (χ3v) is 6.64. The van der Waals surface area contributed by atoms with Gasteiger partial charge >= 0.3 is 6.09 Å². The Morgan fingerprint density at radius 2 is 2.11 bits per heavy atom. The van der Waals surface area contributed by atoms with Crippen LogP contribution in [0, 0.1) is 0 Å². The molecule has 8 nitrogen and oxygen atoms in total. The number of nitrogens with zero attached hydrogens (tertiary/aromatic N) is 3. The lowest BCUT2D eigenvalue weighted by Gasteiger charge is -2.26. The number of ether oxygens (including phenoxy) is 2. The lowest BCUT2D eigenvalue weighted by Crippen LogP contribution is -2.35. The van der Waals surface area contributed by atoms with E-state index in [1.807, 2.05) is 30.3 Å². The second kappa shape index (κ2) is 11.4. The summed E-state index contributed by atoms with van der Waals surface area (Å²) in [6.45, 7) is 1.12. The van der Waals surface area contributed by atoms with E-state index < -0.39 is 0 Å². The molecule has 1 aromatic carbocycles. The quantitative estimate of drug-likeness (QED) is 0.388. The lowest BCUT2D eigenvalue weighted by atomic mass is 10.0. The molecule has 4 rings (SSSR count). The van der Waals surface area contributed by atoms with Gasteiger partial charge in [-0.2, -0.15) is 0 Å². The molecule has 2 amide bonds. The Morgan fingerprint density at radius 1 is 1.26 bits per heavy atom. The average molecular weight is 491 g/mol. The number of fused-ring (bicyclic) bond motifs is 1. The molecular weight excluding hydrogens is 464 g/mol. The molecule has 0 fully saturated rings. The molecule has 0 atom stereocenters. The van der Waals surface area contributed by atoms with E-state index in [2.05, 4.69) is 15.3 Å². The number of thiophene rings is 1. The van der Waals surface area contributed by atoms with Gasteiger partial charge in [-0.25, -0.2) is 4.79 Å². The fraction of sp³-hybridized carbons (Fsp3) is 0.231. The minimum atomic E-state index is -0.371. The summed E-state index contributed by atoms with van der Waals surface area (Å²) in [5, 5.41) is 3.68. The number of nitrogens with one attached hydrogen (secondary N) is 1. The van der Waals surface area contributed by atoms with Crippen molar-refractivity contribution in [2.45, 2.75) is 19.6 Å². The number of pyridine rings is 1. The Morgan fingerprint density at radius 3 is 2.89 bits per heavy atom. The van der Waals surface area contributed by atoms with E-state index in [0.717, 1.165) is 27.1 Å². The summed E-state index contributed by atoms with van der Waals surface area (Å²) >= 11 is 1.45. The fourth-order valence-electron chi connectivity index (χ4n) is 3.79. The molecule has 0 spiro atoms. The first kappa shape index (κ1) is 24.2. The van der Waals surface area contributed by atoms with Crippen molar-refractivity contribution in [2.75, 3.05) is 26.0 Å². The maximum absolute atomic E-state index is 12.7. The van der Waals surface area contributed by atoms with E-state index in [0.29, 0.717) is 30.3 Å². The van der Waals surface area contributed by atoms with Crippen LogP contribution in [0.25, 0.3) is 6.08 Å². The molecule has 180 valence electrons. The number of para-hydroxylation sites is 1. The lowest BCUT2D eigenvalue weighted by molar-refractivity contribution is -0.111. The number of carbonyl (C=O) groups excluding carboxylic acids is 2. The molecule has 1 aliphatic heterocycles. The molecular formula is C26H26N4O4S. The van der Waals surface area contributed by atoms with Gasteiger partial charge < -0.3 is 19.7 Å². The second-order valence-corrected chi connectivity index (χ2v) is 8.89. The van der Waals surface area contributed by atoms with Crippen LogP contribution in [-0.4, -0.2) is 48.8 Å². The number of hydrogen-bond acceptors (Lipinski definition) is 7. The number of amides is 2. The molecule has 1 N–H and O–H groups in total. The van der Waals surface area contributed by atoms with Crippen molar-refractivity contribution in [3.05, 3.63) is 82.0 Å². The molecule has 0 aliphatic carbocycles. The zero-order valence-electron chi connectivity index (χ0n) is 19.6. The van der Waals surface area contributed by atoms with Crippen molar-refractivity contribution in [1.29, 1.82) is 0 Å². The zero-order chi connectivity index (χ0) is 24.6. The molecule has 1 aliphatic rings. The topological polar surface area (TPSA) is 93.1 Å². The van der Waals surface area contributed by atoms with Crippen LogP contribution >= 0.6 is 11.3 Å². The Labute approximate surface area is 207 Å². The number of methoxy groups -OCH3 is 1. The summed E-state index contributed by atoms with van der Waals surface area (Å²) in [5.74, 6) is 0.436. The van der Waals surface area contributed by atoms with Crippen molar-refractivity contribution in [3.63, 3.8) is 0 Å². The number of aromatic nitrogens is 1. The molecule has 0 radical (unpaired) electrons. The van der Waals surface area contributed by atoms with Crippen LogP contribution in [0.4, 0.5) is 9.80 Å². The van der Waals surface area contributed by atoms with Crippen molar-refractivity contribution in [3.8, 4) is 5.75 Å². The third kappa shape index (κ3) is 5.93. The van der Waals surface area contributed by atoms with Crippen LogP contribution in [0.2, 0.25) is 0 Å². The van der Waals surface area contributed by atoms with Gasteiger partial charge in [0.15, 0.2) is 0 Å². The molecule has 2 aromatic heterocycles. The van der Waals surface area contributed by atoms with Gasteiger partial charge in [-0.3, -0.25) is 14.8 Å². The van der Waals surface area contributed by atoms with Crippen LogP contribution in [0.1, 0.15) is 27.1 Å². The summed E-state index contributed by atoms with van der Waals surface area (Å²) in [7, 11) is 3.29. The van der Waals surface area contributed by atoms with Gasteiger partial charge in [-0.1, -0.05) is 24.3 Å². The zero-order valence-corrected chi connectivity index (χ0v) is 20.4. The Bertz CT molecular complexity index is 1250. The predicted molar refractivity (Wildman–Crippen MR) is 137 cm³/mol. The molecule has 9 heteroatoms. The van der Waals surface area contributed by atoms with E-state index in [-0.39, 0.29) is 18.6 Å². The minimum Gasteiger partial charge on any atom is -0.496 e. The highest BCUT2D eigenvalue weighted by Gasteiger charge is 2.27. The van der Waals surface area contributed by atoms with Crippen molar-refractivity contribution >= 4 is 40.6 Å². The normalized spacial score (nSPS) is 13.1. The van der Waals surface area contributed by atoms with E-state index in [1.165, 1.54) is 17.4 Å². The average Bonchev–Trinajstić information content (AvgIpc) is 3.22. The molecule has 3 heterocycles. The molecule has 0 unspecified atom stereocenters. The van der Waals surface area contributed by atoms with Crippen molar-refractivity contribution in [2.24, 2.45) is 4.99 Å². The van der Waals surface area contributed by atoms with Gasteiger partial charge in [-0.05, 0) is 30.2 Å². The summed E-state index contributed by atoms with van der Waals surface area (Å²) in [6.07, 6.45) is 8.59. The first-order valence-electron chi connectivity index (χ1n) is 11.1. The largest absolute Gasteiger partial charge is 0.496 e. The van der Waals surface area contributed by atoms with Crippen molar-refractivity contribution < 1.29 is 19.1 Å². The maximum atomic E-state index is 12.7. The standard InChI is InChI=1S/C26H26N4O4S/c1-27-15-21-20-11-13-30(26(32)34-17-18-6-5-12-28-14-18)16-23(20)35-25(21)29-24(31)10-9-19-7-3-4-8-22(19)33-2/h3-10,12,14-15H,11,13,16-17H2,1-2H3,(H,29,31)/b10-9+,27-15?. The third-order valence-electron chi connectivity index (χ3n) is 5.49. The molecule has 0 saturated carbocycles. The number of hydrogen-bond donors (Lipinski definition) is 1. The summed E-state index contributed by atoms with van der Waals surface area (Å²) in [4.78, 5) is 36.2. The number of anilines is 1. The molecule has 35 heavy (non-hydrogen) atoms. The van der Waals surface area contributed by atoms with E-state index >= 15 is 0 Å². The van der Waals surface area contributed by atoms with Crippen molar-refractivity contribution in [1.82, 2.24) is 9.88 Å². The monoisotopic (exact) mass is 490 g/mol. The van der Waals surface area contributed by atoms with Crippen LogP contribution < -0.4 is 10.1 Å². The van der Waals surface area contributed by atoms with E-state index in [1.54, 1.807) is 49.8 Å². The molecule has 3 aromatic rings. The predicted octanol–water partition coefficient (Wildman–Crippen LogP) is 4.55. The Hall–Kier alpha value is -3.98. The number of rotatable bonds is 7. The highest BCUT2D eigenvalue weighted by molar-refractivity contribution is 7.17. The van der Waals surface area contributed by atoms with Crippen LogP contribution in [0.15, 0.2) is 59.9 Å².